The quantitative estimate of drug-likeness (QED) is 0.542. The summed E-state index contributed by atoms with van der Waals surface area (Å²) in [7, 11) is 1.90. The van der Waals surface area contributed by atoms with E-state index in [4.69, 9.17) is 5.73 Å². The second-order valence-corrected chi connectivity index (χ2v) is 5.06. The number of aryl methyl sites for hydroxylation is 1. The maximum Gasteiger partial charge on any atom is 0.248 e. The molecule has 0 fully saturated rings. The first-order valence-electron chi connectivity index (χ1n) is 7.48. The number of primary amides is 1. The van der Waals surface area contributed by atoms with Crippen molar-refractivity contribution in [1.29, 1.82) is 0 Å². The van der Waals surface area contributed by atoms with Gasteiger partial charge in [-0.15, -0.1) is 0 Å². The number of hydrogen-bond donors (Lipinski definition) is 3. The topological polar surface area (TPSA) is 97.3 Å². The summed E-state index contributed by atoms with van der Waals surface area (Å²) < 4.78 is 1.82. The molecule has 0 spiro atoms. The number of carbonyl (C=O) groups is 1. The summed E-state index contributed by atoms with van der Waals surface area (Å²) in [5, 5.41) is 10.6. The van der Waals surface area contributed by atoms with Crippen LogP contribution >= 0.6 is 0 Å². The highest BCUT2D eigenvalue weighted by Gasteiger charge is 2.02. The number of carbonyl (C=O) groups excluding carboxylic acids is 1. The van der Waals surface area contributed by atoms with Gasteiger partial charge in [-0.25, -0.2) is 4.99 Å². The molecular formula is C16H22N6O. The van der Waals surface area contributed by atoms with Crippen molar-refractivity contribution in [3.05, 3.63) is 53.3 Å². The van der Waals surface area contributed by atoms with Crippen LogP contribution in [0.4, 0.5) is 0 Å². The van der Waals surface area contributed by atoms with Gasteiger partial charge in [-0.05, 0) is 30.7 Å². The minimum Gasteiger partial charge on any atom is -0.366 e. The smallest absolute Gasteiger partial charge is 0.248 e. The zero-order chi connectivity index (χ0) is 16.7. The monoisotopic (exact) mass is 314 g/mol. The summed E-state index contributed by atoms with van der Waals surface area (Å²) in [5.41, 5.74) is 7.81. The Kier molecular flexibility index (Phi) is 5.74. The van der Waals surface area contributed by atoms with E-state index < -0.39 is 5.91 Å². The number of nitrogens with zero attached hydrogens (tertiary/aromatic N) is 3. The maximum absolute atomic E-state index is 11.1. The van der Waals surface area contributed by atoms with Gasteiger partial charge in [0.2, 0.25) is 5.91 Å². The van der Waals surface area contributed by atoms with Crippen LogP contribution in [0.25, 0.3) is 0 Å². The second kappa shape index (κ2) is 7.98. The average molecular weight is 314 g/mol. The molecule has 0 atom stereocenters. The number of benzene rings is 1. The van der Waals surface area contributed by atoms with Crippen molar-refractivity contribution in [2.24, 2.45) is 17.8 Å². The van der Waals surface area contributed by atoms with Gasteiger partial charge in [0.05, 0.1) is 18.8 Å². The highest BCUT2D eigenvalue weighted by Crippen LogP contribution is 2.05. The molecular weight excluding hydrogens is 292 g/mol. The van der Waals surface area contributed by atoms with Gasteiger partial charge >= 0.3 is 0 Å². The molecule has 0 aliphatic carbocycles. The zero-order valence-corrected chi connectivity index (χ0v) is 13.4. The molecule has 0 aliphatic heterocycles. The van der Waals surface area contributed by atoms with Crippen molar-refractivity contribution >= 4 is 11.9 Å². The molecule has 0 radical (unpaired) electrons. The van der Waals surface area contributed by atoms with Crippen LogP contribution in [0.1, 0.15) is 28.5 Å². The Bertz CT molecular complexity index is 674. The van der Waals surface area contributed by atoms with Gasteiger partial charge in [-0.2, -0.15) is 5.10 Å². The fourth-order valence-electron chi connectivity index (χ4n) is 2.04. The van der Waals surface area contributed by atoms with E-state index in [0.29, 0.717) is 18.7 Å². The van der Waals surface area contributed by atoms with Crippen molar-refractivity contribution < 1.29 is 4.79 Å². The first-order valence-corrected chi connectivity index (χ1v) is 7.48. The number of guanidine groups is 1. The fraction of sp³-hybridized carbons (Fsp3) is 0.312. The largest absolute Gasteiger partial charge is 0.366 e. The molecule has 7 nitrogen and oxygen atoms in total. The fourth-order valence-corrected chi connectivity index (χ4v) is 2.04. The number of nitrogens with two attached hydrogens (primary N) is 1. The van der Waals surface area contributed by atoms with Crippen molar-refractivity contribution in [3.63, 3.8) is 0 Å². The molecule has 7 heteroatoms. The van der Waals surface area contributed by atoms with Gasteiger partial charge in [0.15, 0.2) is 5.96 Å². The van der Waals surface area contributed by atoms with Gasteiger partial charge in [-0.1, -0.05) is 12.1 Å². The van der Waals surface area contributed by atoms with Gasteiger partial charge in [-0.3, -0.25) is 9.48 Å². The third kappa shape index (κ3) is 4.84. The molecule has 23 heavy (non-hydrogen) atoms. The number of aromatic nitrogens is 2. The van der Waals surface area contributed by atoms with Crippen LogP contribution in [0.2, 0.25) is 0 Å². The molecule has 2 rings (SSSR count). The molecule has 1 aromatic heterocycles. The first-order chi connectivity index (χ1) is 11.1. The van der Waals surface area contributed by atoms with Crippen LogP contribution in [0.15, 0.2) is 41.5 Å². The molecule has 122 valence electrons. The lowest BCUT2D eigenvalue weighted by atomic mass is 10.1. The Hall–Kier alpha value is -2.83. The van der Waals surface area contributed by atoms with E-state index >= 15 is 0 Å². The van der Waals surface area contributed by atoms with E-state index in [1.807, 2.05) is 36.9 Å². The standard InChI is InChI=1S/C16H22N6O/c1-3-18-16(20-11-14-8-9-21-22(14)2)19-10-12-4-6-13(7-5-12)15(17)23/h4-9H,3,10-11H2,1-2H3,(H2,17,23)(H2,18,19,20). The lowest BCUT2D eigenvalue weighted by molar-refractivity contribution is 0.100. The van der Waals surface area contributed by atoms with E-state index in [9.17, 15) is 4.79 Å². The number of amides is 1. The van der Waals surface area contributed by atoms with Gasteiger partial charge in [0.25, 0.3) is 0 Å². The Morgan fingerprint density at radius 2 is 2.00 bits per heavy atom. The molecule has 1 heterocycles. The highest BCUT2D eigenvalue weighted by atomic mass is 16.1. The van der Waals surface area contributed by atoms with Crippen LogP contribution in [0.5, 0.6) is 0 Å². The van der Waals surface area contributed by atoms with Gasteiger partial charge in [0.1, 0.15) is 0 Å². The SMILES string of the molecule is CCNC(=NCc1ccc(C(N)=O)cc1)NCc1ccnn1C. The molecule has 0 saturated carbocycles. The Labute approximate surface area is 135 Å². The van der Waals surface area contributed by atoms with Gasteiger partial charge in [0, 0.05) is 25.4 Å². The van der Waals surface area contributed by atoms with Gasteiger partial charge < -0.3 is 16.4 Å². The van der Waals surface area contributed by atoms with E-state index in [1.165, 1.54) is 0 Å². The second-order valence-electron chi connectivity index (χ2n) is 5.06. The minimum atomic E-state index is -0.425. The molecule has 0 aliphatic rings. The van der Waals surface area contributed by atoms with Crippen molar-refractivity contribution in [2.75, 3.05) is 6.54 Å². The molecule has 0 bridgehead atoms. The Balaban J connectivity index is 1.97. The van der Waals surface area contributed by atoms with E-state index in [2.05, 4.69) is 20.7 Å². The number of nitrogens with one attached hydrogen (secondary N) is 2. The predicted molar refractivity (Wildman–Crippen MR) is 89.8 cm³/mol. The molecule has 1 amide bonds. The third-order valence-electron chi connectivity index (χ3n) is 3.36. The van der Waals surface area contributed by atoms with Crippen LogP contribution in [-0.4, -0.2) is 28.2 Å². The summed E-state index contributed by atoms with van der Waals surface area (Å²) in [5.74, 6) is 0.305. The van der Waals surface area contributed by atoms with Crippen molar-refractivity contribution in [1.82, 2.24) is 20.4 Å². The summed E-state index contributed by atoms with van der Waals surface area (Å²) >= 11 is 0. The molecule has 4 N–H and O–H groups in total. The predicted octanol–water partition coefficient (Wildman–Crippen LogP) is 0.774. The lowest BCUT2D eigenvalue weighted by Crippen LogP contribution is -2.37. The molecule has 2 aromatic rings. The molecule has 0 saturated heterocycles. The van der Waals surface area contributed by atoms with E-state index in [-0.39, 0.29) is 0 Å². The lowest BCUT2D eigenvalue weighted by Gasteiger charge is -2.11. The Morgan fingerprint density at radius 3 is 2.57 bits per heavy atom. The zero-order valence-electron chi connectivity index (χ0n) is 13.4. The van der Waals surface area contributed by atoms with Crippen LogP contribution in [-0.2, 0) is 20.1 Å². The minimum absolute atomic E-state index is 0.425. The summed E-state index contributed by atoms with van der Waals surface area (Å²) in [6.07, 6.45) is 1.77. The summed E-state index contributed by atoms with van der Waals surface area (Å²) in [6.45, 7) is 3.95. The highest BCUT2D eigenvalue weighted by molar-refractivity contribution is 5.92. The van der Waals surface area contributed by atoms with Crippen LogP contribution in [0.3, 0.4) is 0 Å². The van der Waals surface area contributed by atoms with E-state index in [1.54, 1.807) is 18.3 Å². The van der Waals surface area contributed by atoms with Crippen LogP contribution < -0.4 is 16.4 Å². The number of aliphatic imine (C=N–C) groups is 1. The van der Waals surface area contributed by atoms with E-state index in [0.717, 1.165) is 23.8 Å². The summed E-state index contributed by atoms with van der Waals surface area (Å²) in [4.78, 5) is 15.6. The van der Waals surface area contributed by atoms with Crippen molar-refractivity contribution in [2.45, 2.75) is 20.0 Å². The summed E-state index contributed by atoms with van der Waals surface area (Å²) in [6, 6.07) is 9.09. The molecule has 0 unspecified atom stereocenters. The Morgan fingerprint density at radius 1 is 1.26 bits per heavy atom. The normalized spacial score (nSPS) is 11.3. The maximum atomic E-state index is 11.1. The third-order valence-corrected chi connectivity index (χ3v) is 3.36. The van der Waals surface area contributed by atoms with Crippen LogP contribution in [0, 0.1) is 0 Å². The first kappa shape index (κ1) is 16.5. The number of hydrogen-bond acceptors (Lipinski definition) is 3. The molecule has 1 aromatic carbocycles. The van der Waals surface area contributed by atoms with Crippen molar-refractivity contribution in [3.8, 4) is 0 Å². The number of rotatable bonds is 6. The average Bonchev–Trinajstić information content (AvgIpc) is 2.95.